The number of hydrogen-bond acceptors (Lipinski definition) is 4. The predicted octanol–water partition coefficient (Wildman–Crippen LogP) is 6.97. The van der Waals surface area contributed by atoms with Crippen molar-refractivity contribution < 1.29 is 26.5 Å². The van der Waals surface area contributed by atoms with Crippen LogP contribution in [-0.2, 0) is 16.3 Å². The number of allylic oxidation sites excluding steroid dienone is 1. The molecule has 144 valence electrons. The largest absolute Gasteiger partial charge is 0.329 e. The number of benzene rings is 1. The number of hydrogen-bond donors (Lipinski definition) is 0. The summed E-state index contributed by atoms with van der Waals surface area (Å²) in [5.74, 6) is -9.56. The summed E-state index contributed by atoms with van der Waals surface area (Å²) in [5, 5.41) is 0. The second kappa shape index (κ2) is 7.07. The molecule has 0 aromatic heterocycles. The van der Waals surface area contributed by atoms with Crippen molar-refractivity contribution in [1.82, 2.24) is 0 Å². The summed E-state index contributed by atoms with van der Waals surface area (Å²) in [6.45, 7) is 7.88. The maximum Gasteiger partial charge on any atom is 0.200 e. The molecule has 1 saturated carbocycles. The van der Waals surface area contributed by atoms with Crippen LogP contribution in [-0.4, -0.2) is 10.9 Å². The maximum atomic E-state index is 14.0. The smallest absolute Gasteiger partial charge is 0.200 e. The third kappa shape index (κ3) is 3.50. The molecule has 1 aromatic carbocycles. The summed E-state index contributed by atoms with van der Waals surface area (Å²) in [6, 6.07) is 0. The molecule has 2 aliphatic rings. The Morgan fingerprint density at radius 1 is 1.19 bits per heavy atom. The molecule has 0 N–H and O–H groups in total. The van der Waals surface area contributed by atoms with Gasteiger partial charge in [-0.05, 0) is 62.2 Å². The quantitative estimate of drug-likeness (QED) is 0.163. The van der Waals surface area contributed by atoms with Gasteiger partial charge in [-0.3, -0.25) is 0 Å². The molecule has 1 aliphatic heterocycles. The number of rotatable bonds is 3. The van der Waals surface area contributed by atoms with Crippen LogP contribution < -0.4 is 0 Å². The van der Waals surface area contributed by atoms with Gasteiger partial charge in [-0.25, -0.2) is 22.0 Å². The molecule has 1 nitrogen and oxygen atoms in total. The van der Waals surface area contributed by atoms with E-state index in [9.17, 15) is 22.0 Å². The van der Waals surface area contributed by atoms with Crippen LogP contribution in [0.15, 0.2) is 17.0 Å². The lowest BCUT2D eigenvalue weighted by atomic mass is 9.77. The van der Waals surface area contributed by atoms with E-state index in [1.165, 1.54) is 11.4 Å². The van der Waals surface area contributed by atoms with Gasteiger partial charge in [0.1, 0.15) is 0 Å². The van der Waals surface area contributed by atoms with E-state index in [1.54, 1.807) is 0 Å². The molecule has 1 aliphatic carbocycles. The molecule has 26 heavy (non-hydrogen) atoms. The SMILES string of the molecule is C=C(C)C1CCC2(C)SP(=S)(Sc3c(F)c(F)c(F)c(F)c3F)OC2C1. The summed E-state index contributed by atoms with van der Waals surface area (Å²) in [6.07, 6.45) is 2.15. The maximum absolute atomic E-state index is 14.0. The first-order valence-electron chi connectivity index (χ1n) is 7.83. The second-order valence-electron chi connectivity index (χ2n) is 6.75. The van der Waals surface area contributed by atoms with Crippen LogP contribution in [0, 0.1) is 35.0 Å². The molecular weight excluding hydrogens is 430 g/mol. The van der Waals surface area contributed by atoms with E-state index in [1.807, 2.05) is 13.8 Å². The first-order chi connectivity index (χ1) is 12.0. The van der Waals surface area contributed by atoms with Crippen molar-refractivity contribution in [2.24, 2.45) is 5.92 Å². The number of halogens is 5. The molecule has 3 rings (SSSR count). The third-order valence-electron chi connectivity index (χ3n) is 4.82. The lowest BCUT2D eigenvalue weighted by molar-refractivity contribution is 0.129. The van der Waals surface area contributed by atoms with E-state index in [0.717, 1.165) is 18.4 Å². The van der Waals surface area contributed by atoms with Crippen LogP contribution in [0.3, 0.4) is 0 Å². The van der Waals surface area contributed by atoms with E-state index in [0.29, 0.717) is 17.8 Å². The summed E-state index contributed by atoms with van der Waals surface area (Å²) in [7, 11) is 0. The molecule has 0 amide bonds. The average molecular weight is 446 g/mol. The van der Waals surface area contributed by atoms with E-state index in [4.69, 9.17) is 16.3 Å². The Balaban J connectivity index is 1.91. The van der Waals surface area contributed by atoms with Gasteiger partial charge in [0.2, 0.25) is 5.82 Å². The molecular formula is C16H16F5OPS3. The molecule has 1 heterocycles. The lowest BCUT2D eigenvalue weighted by Crippen LogP contribution is -2.39. The van der Waals surface area contributed by atoms with Gasteiger partial charge in [0.15, 0.2) is 27.9 Å². The first kappa shape index (κ1) is 20.6. The predicted molar refractivity (Wildman–Crippen MR) is 99.4 cm³/mol. The van der Waals surface area contributed by atoms with Gasteiger partial charge in [0.05, 0.1) is 11.0 Å². The highest BCUT2D eigenvalue weighted by atomic mass is 33.2. The molecule has 4 unspecified atom stereocenters. The minimum Gasteiger partial charge on any atom is -0.329 e. The highest BCUT2D eigenvalue weighted by Crippen LogP contribution is 2.82. The second-order valence-corrected chi connectivity index (χ2v) is 17.4. The van der Waals surface area contributed by atoms with E-state index in [-0.39, 0.29) is 16.8 Å². The van der Waals surface area contributed by atoms with Crippen LogP contribution in [0.5, 0.6) is 0 Å². The summed E-state index contributed by atoms with van der Waals surface area (Å²) < 4.78 is 70.9. The highest BCUT2D eigenvalue weighted by Gasteiger charge is 2.53. The van der Waals surface area contributed by atoms with Crippen LogP contribution >= 0.6 is 27.4 Å². The van der Waals surface area contributed by atoms with Gasteiger partial charge >= 0.3 is 0 Å². The zero-order chi connectivity index (χ0) is 19.4. The fourth-order valence-corrected chi connectivity index (χ4v) is 14.9. The van der Waals surface area contributed by atoms with Gasteiger partial charge < -0.3 is 4.52 Å². The normalized spacial score (nSPS) is 34.0. The van der Waals surface area contributed by atoms with Crippen LogP contribution in [0.4, 0.5) is 22.0 Å². The molecule has 0 radical (unpaired) electrons. The van der Waals surface area contributed by atoms with Crippen molar-refractivity contribution in [2.45, 2.75) is 48.9 Å². The van der Waals surface area contributed by atoms with E-state index in [2.05, 4.69) is 6.58 Å². The zero-order valence-electron chi connectivity index (χ0n) is 14.0. The summed E-state index contributed by atoms with van der Waals surface area (Å²) in [4.78, 5) is -0.962. The number of fused-ring (bicyclic) bond motifs is 1. The minimum absolute atomic E-state index is 0.234. The summed E-state index contributed by atoms with van der Waals surface area (Å²) in [5.41, 5.74) is 1.04. The first-order valence-corrected chi connectivity index (χ1v) is 13.4. The van der Waals surface area contributed by atoms with Crippen molar-refractivity contribution in [3.05, 3.63) is 41.2 Å². The van der Waals surface area contributed by atoms with Crippen LogP contribution in [0.25, 0.3) is 0 Å². The van der Waals surface area contributed by atoms with Crippen molar-refractivity contribution in [3.63, 3.8) is 0 Å². The fourth-order valence-electron chi connectivity index (χ4n) is 3.20. The monoisotopic (exact) mass is 446 g/mol. The molecule has 0 bridgehead atoms. The molecule has 10 heteroatoms. The molecule has 1 saturated heterocycles. The van der Waals surface area contributed by atoms with E-state index < -0.39 is 38.7 Å². The average Bonchev–Trinajstić information content (AvgIpc) is 2.84. The Morgan fingerprint density at radius 3 is 2.27 bits per heavy atom. The molecule has 4 atom stereocenters. The Bertz CT molecular complexity index is 804. The van der Waals surface area contributed by atoms with E-state index >= 15 is 0 Å². The van der Waals surface area contributed by atoms with Crippen LogP contribution in [0.2, 0.25) is 0 Å². The molecule has 1 aromatic rings. The molecule has 2 fully saturated rings. The van der Waals surface area contributed by atoms with Crippen molar-refractivity contribution in [1.29, 1.82) is 0 Å². The summed E-state index contributed by atoms with van der Waals surface area (Å²) >= 11 is 7.27. The Labute approximate surface area is 161 Å². The lowest BCUT2D eigenvalue weighted by Gasteiger charge is -2.37. The Hall–Kier alpha value is -0.0800. The van der Waals surface area contributed by atoms with Gasteiger partial charge in [-0.1, -0.05) is 23.5 Å². The van der Waals surface area contributed by atoms with Crippen LogP contribution in [0.1, 0.15) is 33.1 Å². The topological polar surface area (TPSA) is 9.23 Å². The highest BCUT2D eigenvalue weighted by molar-refractivity contribution is 8.99. The third-order valence-corrected chi connectivity index (χ3v) is 13.8. The van der Waals surface area contributed by atoms with Gasteiger partial charge in [0.25, 0.3) is 0 Å². The Morgan fingerprint density at radius 2 is 1.73 bits per heavy atom. The van der Waals surface area contributed by atoms with Crippen molar-refractivity contribution in [3.8, 4) is 0 Å². The van der Waals surface area contributed by atoms with Gasteiger partial charge in [-0.15, -0.1) is 0 Å². The van der Waals surface area contributed by atoms with Crippen molar-refractivity contribution >= 4 is 39.2 Å². The van der Waals surface area contributed by atoms with Crippen molar-refractivity contribution in [2.75, 3.05) is 0 Å². The van der Waals surface area contributed by atoms with Gasteiger partial charge in [-0.2, -0.15) is 0 Å². The Kier molecular flexibility index (Phi) is 5.61. The fraction of sp³-hybridized carbons (Fsp3) is 0.500. The minimum atomic E-state index is -2.93. The molecule has 0 spiro atoms. The van der Waals surface area contributed by atoms with Gasteiger partial charge in [0, 0.05) is 4.75 Å². The standard InChI is InChI=1S/C16H16F5OPS3/c1-7(2)8-4-5-16(3)9(6-8)22-23(24,26-16)25-15-13(20)11(18)10(17)12(19)14(15)21/h8-9H,1,4-6H2,2-3H3. The zero-order valence-corrected chi connectivity index (χ0v) is 17.3.